The van der Waals surface area contributed by atoms with Crippen molar-refractivity contribution in [1.29, 1.82) is 0 Å². The lowest BCUT2D eigenvalue weighted by Gasteiger charge is -2.26. The summed E-state index contributed by atoms with van der Waals surface area (Å²) in [6.45, 7) is 4.49. The Morgan fingerprint density at radius 3 is 2.57 bits per heavy atom. The highest BCUT2D eigenvalue weighted by Crippen LogP contribution is 2.30. The Balaban J connectivity index is 1.42. The van der Waals surface area contributed by atoms with Gasteiger partial charge in [-0.15, -0.1) is 0 Å². The second-order valence-electron chi connectivity index (χ2n) is 7.95. The van der Waals surface area contributed by atoms with E-state index in [4.69, 9.17) is 4.74 Å². The molecule has 7 heteroatoms. The van der Waals surface area contributed by atoms with Gasteiger partial charge in [0.25, 0.3) is 0 Å². The number of carbonyl (C=O) groups excluding carboxylic acids is 1. The van der Waals surface area contributed by atoms with E-state index in [0.717, 1.165) is 56.8 Å². The van der Waals surface area contributed by atoms with Gasteiger partial charge in [0.05, 0.1) is 30.3 Å². The zero-order valence-corrected chi connectivity index (χ0v) is 16.9. The van der Waals surface area contributed by atoms with Crippen LogP contribution in [-0.2, 0) is 17.7 Å². The standard InChI is InChI=1S/C23H26N4O3/c28-22(24-19-10-9-17-5-1-2-6-18(17)19)27-21-8-4-3-7-20(21)26(23(27)29)12-11-25-13-15-30-16-14-25/h1-8,19H,9-16H2,(H,24,28)/t19-/m0/s1. The molecule has 1 saturated heterocycles. The Hall–Kier alpha value is -2.90. The van der Waals surface area contributed by atoms with Gasteiger partial charge >= 0.3 is 11.7 Å². The van der Waals surface area contributed by atoms with Crippen molar-refractivity contribution in [3.8, 4) is 0 Å². The number of imidazole rings is 1. The van der Waals surface area contributed by atoms with E-state index in [0.29, 0.717) is 12.1 Å². The van der Waals surface area contributed by atoms with E-state index in [1.807, 2.05) is 36.4 Å². The first-order valence-corrected chi connectivity index (χ1v) is 10.6. The fraction of sp³-hybridized carbons (Fsp3) is 0.391. The number of rotatable bonds is 4. The van der Waals surface area contributed by atoms with Crippen molar-refractivity contribution in [2.45, 2.75) is 25.4 Å². The first-order chi connectivity index (χ1) is 14.7. The summed E-state index contributed by atoms with van der Waals surface area (Å²) in [5.74, 6) is 0. The predicted octanol–water partition coefficient (Wildman–Crippen LogP) is 2.38. The van der Waals surface area contributed by atoms with Gasteiger partial charge in [-0.2, -0.15) is 0 Å². The number of nitrogens with zero attached hydrogens (tertiary/aromatic N) is 3. The van der Waals surface area contributed by atoms with Crippen LogP contribution in [0, 0.1) is 0 Å². The van der Waals surface area contributed by atoms with E-state index < -0.39 is 0 Å². The van der Waals surface area contributed by atoms with Crippen molar-refractivity contribution in [2.75, 3.05) is 32.8 Å². The lowest BCUT2D eigenvalue weighted by molar-refractivity contribution is 0.0364. The quantitative estimate of drug-likeness (QED) is 0.722. The Kier molecular flexibility index (Phi) is 5.14. The number of benzene rings is 2. The minimum Gasteiger partial charge on any atom is -0.379 e. The number of ether oxygens (including phenoxy) is 1. The molecule has 30 heavy (non-hydrogen) atoms. The zero-order chi connectivity index (χ0) is 20.5. The number of amides is 1. The van der Waals surface area contributed by atoms with Crippen LogP contribution in [0.2, 0.25) is 0 Å². The fourth-order valence-corrected chi connectivity index (χ4v) is 4.61. The van der Waals surface area contributed by atoms with Gasteiger partial charge in [0.1, 0.15) is 0 Å². The molecule has 2 aliphatic rings. The van der Waals surface area contributed by atoms with Gasteiger partial charge in [-0.05, 0) is 36.1 Å². The molecule has 1 aliphatic carbocycles. The van der Waals surface area contributed by atoms with Crippen molar-refractivity contribution < 1.29 is 9.53 Å². The first kappa shape index (κ1) is 19.1. The highest BCUT2D eigenvalue weighted by molar-refractivity contribution is 5.89. The average molecular weight is 406 g/mol. The van der Waals surface area contributed by atoms with Crippen molar-refractivity contribution >= 4 is 17.1 Å². The molecule has 0 radical (unpaired) electrons. The summed E-state index contributed by atoms with van der Waals surface area (Å²) in [7, 11) is 0. The van der Waals surface area contributed by atoms with Crippen LogP contribution < -0.4 is 11.0 Å². The van der Waals surface area contributed by atoms with Crippen LogP contribution in [-0.4, -0.2) is 52.9 Å². The summed E-state index contributed by atoms with van der Waals surface area (Å²) in [5, 5.41) is 3.09. The number of carbonyl (C=O) groups is 1. The molecular formula is C23H26N4O3. The summed E-state index contributed by atoms with van der Waals surface area (Å²) in [5.41, 5.74) is 3.57. The Morgan fingerprint density at radius 2 is 1.73 bits per heavy atom. The zero-order valence-electron chi connectivity index (χ0n) is 16.9. The summed E-state index contributed by atoms with van der Waals surface area (Å²) in [4.78, 5) is 28.7. The Labute approximate surface area is 174 Å². The van der Waals surface area contributed by atoms with Gasteiger partial charge in [-0.25, -0.2) is 14.2 Å². The van der Waals surface area contributed by atoms with E-state index in [9.17, 15) is 9.59 Å². The van der Waals surface area contributed by atoms with E-state index in [1.54, 1.807) is 4.57 Å². The maximum Gasteiger partial charge on any atom is 0.337 e. The van der Waals surface area contributed by atoms with Gasteiger partial charge < -0.3 is 10.1 Å². The normalized spacial score (nSPS) is 19.1. The minimum absolute atomic E-state index is 0.0592. The Morgan fingerprint density at radius 1 is 1.00 bits per heavy atom. The van der Waals surface area contributed by atoms with Crippen molar-refractivity contribution in [1.82, 2.24) is 19.4 Å². The molecule has 7 nitrogen and oxygen atoms in total. The molecule has 1 fully saturated rings. The second kappa shape index (κ2) is 8.08. The summed E-state index contributed by atoms with van der Waals surface area (Å²) >= 11 is 0. The number of hydrogen-bond donors (Lipinski definition) is 1. The minimum atomic E-state index is -0.358. The molecule has 2 aromatic carbocycles. The first-order valence-electron chi connectivity index (χ1n) is 10.6. The molecule has 1 aromatic heterocycles. The highest BCUT2D eigenvalue weighted by atomic mass is 16.5. The molecule has 156 valence electrons. The third kappa shape index (κ3) is 3.44. The van der Waals surface area contributed by atoms with E-state index in [-0.39, 0.29) is 17.8 Å². The van der Waals surface area contributed by atoms with Crippen LogP contribution >= 0.6 is 0 Å². The topological polar surface area (TPSA) is 68.5 Å². The lowest BCUT2D eigenvalue weighted by Crippen LogP contribution is -2.41. The molecule has 0 unspecified atom stereocenters. The molecule has 2 heterocycles. The third-order valence-electron chi connectivity index (χ3n) is 6.21. The summed E-state index contributed by atoms with van der Waals surface area (Å²) < 4.78 is 8.40. The molecule has 3 aromatic rings. The molecule has 1 aliphatic heterocycles. The number of hydrogen-bond acceptors (Lipinski definition) is 4. The van der Waals surface area contributed by atoms with E-state index in [1.165, 1.54) is 10.1 Å². The summed E-state index contributed by atoms with van der Waals surface area (Å²) in [6, 6.07) is 15.3. The number of aryl methyl sites for hydroxylation is 1. The predicted molar refractivity (Wildman–Crippen MR) is 115 cm³/mol. The molecular weight excluding hydrogens is 380 g/mol. The molecule has 0 bridgehead atoms. The molecule has 1 N–H and O–H groups in total. The molecule has 1 amide bonds. The average Bonchev–Trinajstić information content (AvgIpc) is 3.31. The molecule has 0 spiro atoms. The number of aromatic nitrogens is 2. The number of para-hydroxylation sites is 2. The SMILES string of the molecule is O=C(N[C@H]1CCc2ccccc21)n1c(=O)n(CCN2CCOCC2)c2ccccc21. The van der Waals surface area contributed by atoms with Crippen molar-refractivity contribution in [3.63, 3.8) is 0 Å². The number of morpholine rings is 1. The monoisotopic (exact) mass is 406 g/mol. The van der Waals surface area contributed by atoms with Crippen LogP contribution in [0.3, 0.4) is 0 Å². The van der Waals surface area contributed by atoms with Gasteiger partial charge in [-0.3, -0.25) is 9.47 Å². The highest BCUT2D eigenvalue weighted by Gasteiger charge is 2.26. The van der Waals surface area contributed by atoms with Gasteiger partial charge in [0.2, 0.25) is 0 Å². The van der Waals surface area contributed by atoms with Gasteiger partial charge in [0, 0.05) is 26.2 Å². The third-order valence-corrected chi connectivity index (χ3v) is 6.21. The molecule has 1 atom stereocenters. The lowest BCUT2D eigenvalue weighted by atomic mass is 10.1. The number of fused-ring (bicyclic) bond motifs is 2. The van der Waals surface area contributed by atoms with Crippen molar-refractivity contribution in [2.24, 2.45) is 0 Å². The van der Waals surface area contributed by atoms with Crippen LogP contribution in [0.5, 0.6) is 0 Å². The van der Waals surface area contributed by atoms with Crippen LogP contribution in [0.1, 0.15) is 23.6 Å². The number of nitrogens with one attached hydrogen (secondary N) is 1. The Bertz CT molecular complexity index is 1130. The van der Waals surface area contributed by atoms with Gasteiger partial charge in [0.15, 0.2) is 0 Å². The molecule has 0 saturated carbocycles. The summed E-state index contributed by atoms with van der Waals surface area (Å²) in [6.07, 6.45) is 1.80. The fourth-order valence-electron chi connectivity index (χ4n) is 4.61. The van der Waals surface area contributed by atoms with Gasteiger partial charge in [-0.1, -0.05) is 36.4 Å². The van der Waals surface area contributed by atoms with Crippen LogP contribution in [0.25, 0.3) is 11.0 Å². The van der Waals surface area contributed by atoms with E-state index >= 15 is 0 Å². The maximum atomic E-state index is 13.2. The molecule has 5 rings (SSSR count). The van der Waals surface area contributed by atoms with Crippen molar-refractivity contribution in [3.05, 3.63) is 70.1 Å². The largest absolute Gasteiger partial charge is 0.379 e. The smallest absolute Gasteiger partial charge is 0.337 e. The maximum absolute atomic E-state index is 13.2. The van der Waals surface area contributed by atoms with E-state index in [2.05, 4.69) is 22.3 Å². The second-order valence-corrected chi connectivity index (χ2v) is 7.95. The van der Waals surface area contributed by atoms with Crippen LogP contribution in [0.15, 0.2) is 53.3 Å². The van der Waals surface area contributed by atoms with Crippen LogP contribution in [0.4, 0.5) is 4.79 Å².